The molecule has 38 heavy (non-hydrogen) atoms. The van der Waals surface area contributed by atoms with Gasteiger partial charge in [-0.2, -0.15) is 5.01 Å². The van der Waals surface area contributed by atoms with E-state index in [9.17, 15) is 39.5 Å². The molecule has 0 aromatic heterocycles. The highest BCUT2D eigenvalue weighted by atomic mass is 32.2. The van der Waals surface area contributed by atoms with E-state index >= 15 is 0 Å². The van der Waals surface area contributed by atoms with Gasteiger partial charge in [-0.05, 0) is 24.5 Å². The van der Waals surface area contributed by atoms with E-state index in [-0.39, 0.29) is 52.3 Å². The first kappa shape index (κ1) is 30.5. The van der Waals surface area contributed by atoms with Gasteiger partial charge in [0.1, 0.15) is 0 Å². The standard InChI is InChI=1S/C25H32N4O8S/c1-12(2)21(30)26-25-27-28(22(31)13(3)4)20(11-38-25)17-9-16(7-14(5)23(32)33)18(8-15(6)24(34)35)19(10-17)29(36)37/h9-15H,7-8H2,1-6H3,(H,32,33)(H,34,35)(H,26,27,30). The summed E-state index contributed by atoms with van der Waals surface area (Å²) in [6.45, 7) is 9.57. The molecular formula is C25H32N4O8S. The predicted octanol–water partition coefficient (Wildman–Crippen LogP) is 3.69. The molecule has 0 fully saturated rings. The summed E-state index contributed by atoms with van der Waals surface area (Å²) in [7, 11) is 0. The lowest BCUT2D eigenvalue weighted by Gasteiger charge is -2.27. The molecule has 0 bridgehead atoms. The van der Waals surface area contributed by atoms with Crippen LogP contribution in [-0.2, 0) is 32.0 Å². The molecule has 2 amide bonds. The molecule has 0 radical (unpaired) electrons. The van der Waals surface area contributed by atoms with Gasteiger partial charge < -0.3 is 15.5 Å². The molecule has 13 heteroatoms. The molecule has 2 unspecified atom stereocenters. The van der Waals surface area contributed by atoms with Gasteiger partial charge in [0.25, 0.3) is 5.69 Å². The molecule has 1 aromatic rings. The van der Waals surface area contributed by atoms with Gasteiger partial charge in [-0.25, -0.2) is 0 Å². The normalized spacial score (nSPS) is 15.0. The van der Waals surface area contributed by atoms with Gasteiger partial charge in [-0.3, -0.25) is 29.3 Å². The van der Waals surface area contributed by atoms with Crippen LogP contribution in [0.4, 0.5) is 5.69 Å². The highest BCUT2D eigenvalue weighted by molar-refractivity contribution is 8.16. The van der Waals surface area contributed by atoms with E-state index in [1.54, 1.807) is 27.7 Å². The quantitative estimate of drug-likeness (QED) is 0.290. The zero-order valence-corrected chi connectivity index (χ0v) is 22.9. The number of amides is 2. The fourth-order valence-corrected chi connectivity index (χ4v) is 4.24. The number of hydrogen-bond acceptors (Lipinski definition) is 8. The lowest BCUT2D eigenvalue weighted by atomic mass is 9.88. The number of hydrogen-bond donors (Lipinski definition) is 3. The Morgan fingerprint density at radius 3 is 2.08 bits per heavy atom. The number of nitro groups is 1. The van der Waals surface area contributed by atoms with Crippen molar-refractivity contribution in [2.24, 2.45) is 28.8 Å². The van der Waals surface area contributed by atoms with Crippen molar-refractivity contribution in [3.63, 3.8) is 0 Å². The van der Waals surface area contributed by atoms with Crippen molar-refractivity contribution in [2.75, 3.05) is 0 Å². The monoisotopic (exact) mass is 548 g/mol. The number of aliphatic carboxylic acids is 2. The Hall–Kier alpha value is -3.74. The van der Waals surface area contributed by atoms with E-state index in [0.717, 1.165) is 16.8 Å². The lowest BCUT2D eigenvalue weighted by molar-refractivity contribution is -0.385. The van der Waals surface area contributed by atoms with Gasteiger partial charge in [0, 0.05) is 34.4 Å². The van der Waals surface area contributed by atoms with E-state index in [4.69, 9.17) is 0 Å². The maximum absolute atomic E-state index is 13.1. The fourth-order valence-electron chi connectivity index (χ4n) is 3.49. The van der Waals surface area contributed by atoms with Crippen LogP contribution >= 0.6 is 11.8 Å². The lowest BCUT2D eigenvalue weighted by Crippen LogP contribution is -2.37. The summed E-state index contributed by atoms with van der Waals surface area (Å²) >= 11 is 1.02. The number of rotatable bonds is 10. The summed E-state index contributed by atoms with van der Waals surface area (Å²) < 4.78 is 0. The Balaban J connectivity index is 2.70. The van der Waals surface area contributed by atoms with Gasteiger partial charge in [0.15, 0.2) is 5.17 Å². The molecule has 1 aliphatic heterocycles. The SMILES string of the molecule is CC(C)C(=O)NC1=NN(C(=O)C(C)C)C(c2cc(CC(C)C(=O)O)c(CC(C)C(=O)O)c([N+](=O)[O-])c2)=CS1. The van der Waals surface area contributed by atoms with Crippen LogP contribution in [0.3, 0.4) is 0 Å². The molecule has 206 valence electrons. The van der Waals surface area contributed by atoms with Crippen molar-refractivity contribution in [2.45, 2.75) is 54.4 Å². The zero-order chi connectivity index (χ0) is 28.9. The maximum atomic E-state index is 13.1. The third-order valence-corrected chi connectivity index (χ3v) is 6.60. The molecule has 12 nitrogen and oxygen atoms in total. The minimum atomic E-state index is -1.15. The highest BCUT2D eigenvalue weighted by Crippen LogP contribution is 2.36. The van der Waals surface area contributed by atoms with Gasteiger partial charge in [-0.1, -0.05) is 53.3 Å². The van der Waals surface area contributed by atoms with E-state index in [1.165, 1.54) is 31.4 Å². The number of thioether (sulfide) groups is 1. The number of carbonyl (C=O) groups excluding carboxylic acids is 2. The molecule has 0 saturated carbocycles. The predicted molar refractivity (Wildman–Crippen MR) is 142 cm³/mol. The highest BCUT2D eigenvalue weighted by Gasteiger charge is 2.31. The Morgan fingerprint density at radius 1 is 1.00 bits per heavy atom. The fraction of sp³-hybridized carbons (Fsp3) is 0.480. The number of carboxylic acids is 2. The first-order chi connectivity index (χ1) is 17.6. The number of nitro benzene ring substituents is 1. The molecule has 2 atom stereocenters. The third kappa shape index (κ3) is 7.40. The molecule has 1 aliphatic rings. The maximum Gasteiger partial charge on any atom is 0.306 e. The third-order valence-electron chi connectivity index (χ3n) is 5.85. The van der Waals surface area contributed by atoms with Crippen LogP contribution in [-0.4, -0.2) is 49.1 Å². The van der Waals surface area contributed by atoms with Gasteiger partial charge in [-0.15, -0.1) is 5.10 Å². The molecule has 0 spiro atoms. The Labute approximate surface area is 224 Å². The van der Waals surface area contributed by atoms with Crippen LogP contribution < -0.4 is 5.32 Å². The van der Waals surface area contributed by atoms with E-state index < -0.39 is 40.5 Å². The average Bonchev–Trinajstić information content (AvgIpc) is 2.83. The number of benzene rings is 1. The van der Waals surface area contributed by atoms with Gasteiger partial charge in [0.2, 0.25) is 11.8 Å². The molecule has 0 saturated heterocycles. The average molecular weight is 549 g/mol. The van der Waals surface area contributed by atoms with Gasteiger partial charge in [0.05, 0.1) is 22.5 Å². The number of amidine groups is 1. The molecule has 1 heterocycles. The zero-order valence-electron chi connectivity index (χ0n) is 22.0. The van der Waals surface area contributed by atoms with Crippen LogP contribution in [0.5, 0.6) is 0 Å². The molecule has 3 N–H and O–H groups in total. The molecular weight excluding hydrogens is 516 g/mol. The van der Waals surface area contributed by atoms with Crippen LogP contribution in [0.2, 0.25) is 0 Å². The van der Waals surface area contributed by atoms with E-state index in [1.807, 2.05) is 0 Å². The minimum Gasteiger partial charge on any atom is -0.481 e. The summed E-state index contributed by atoms with van der Waals surface area (Å²) in [5.74, 6) is -5.71. The Morgan fingerprint density at radius 2 is 1.58 bits per heavy atom. The van der Waals surface area contributed by atoms with Crippen LogP contribution in [0.25, 0.3) is 5.70 Å². The molecule has 1 aromatic carbocycles. The smallest absolute Gasteiger partial charge is 0.306 e. The number of nitrogens with one attached hydrogen (secondary N) is 1. The molecule has 2 rings (SSSR count). The summed E-state index contributed by atoms with van der Waals surface area (Å²) in [6.07, 6.45) is -0.275. The number of hydrazone groups is 1. The van der Waals surface area contributed by atoms with Crippen molar-refractivity contribution < 1.29 is 34.3 Å². The summed E-state index contributed by atoms with van der Waals surface area (Å²) in [6, 6.07) is 2.77. The first-order valence-corrected chi connectivity index (χ1v) is 12.9. The summed E-state index contributed by atoms with van der Waals surface area (Å²) in [5, 5.41) is 40.7. The second-order valence-corrected chi connectivity index (χ2v) is 10.6. The van der Waals surface area contributed by atoms with Gasteiger partial charge >= 0.3 is 11.9 Å². The number of carbonyl (C=O) groups is 4. The van der Waals surface area contributed by atoms with Crippen molar-refractivity contribution in [3.8, 4) is 0 Å². The van der Waals surface area contributed by atoms with Crippen LogP contribution in [0, 0.1) is 33.8 Å². The summed E-state index contributed by atoms with van der Waals surface area (Å²) in [4.78, 5) is 59.8. The van der Waals surface area contributed by atoms with Crippen molar-refractivity contribution in [3.05, 3.63) is 44.3 Å². The Bertz CT molecular complexity index is 1210. The summed E-state index contributed by atoms with van der Waals surface area (Å²) in [5.41, 5.74) is 0.481. The van der Waals surface area contributed by atoms with Crippen molar-refractivity contribution in [1.82, 2.24) is 10.3 Å². The largest absolute Gasteiger partial charge is 0.481 e. The van der Waals surface area contributed by atoms with Crippen LogP contribution in [0.15, 0.2) is 22.6 Å². The van der Waals surface area contributed by atoms with E-state index in [0.29, 0.717) is 5.56 Å². The second-order valence-electron chi connectivity index (χ2n) is 9.75. The number of carboxylic acid groups (broad SMARTS) is 2. The first-order valence-electron chi connectivity index (χ1n) is 12.0. The molecule has 0 aliphatic carbocycles. The second kappa shape index (κ2) is 12.7. The van der Waals surface area contributed by atoms with Crippen LogP contribution in [0.1, 0.15) is 58.2 Å². The van der Waals surface area contributed by atoms with Crippen molar-refractivity contribution in [1.29, 1.82) is 0 Å². The van der Waals surface area contributed by atoms with E-state index in [2.05, 4.69) is 10.4 Å². The Kier molecular flexibility index (Phi) is 10.2. The van der Waals surface area contributed by atoms with Crippen molar-refractivity contribution >= 4 is 52.1 Å². The topological polar surface area (TPSA) is 180 Å². The minimum absolute atomic E-state index is 0.0940. The number of nitrogens with zero attached hydrogens (tertiary/aromatic N) is 3.